The van der Waals surface area contributed by atoms with Crippen LogP contribution in [0.5, 0.6) is 17.2 Å². The molecule has 4 rings (SSSR count). The number of esters is 1. The standard InChI is InChI=1S/C23H15NO7/c1-29-17-7-5-15(6-8-17)23(26)30-18-9-10-19-20(13-18)31-21(22(19)25)12-14-3-2-4-16(11-14)24(27)28/h2-13H,1H3/b21-12-. The molecule has 0 aromatic heterocycles. The van der Waals surface area contributed by atoms with Gasteiger partial charge in [0, 0.05) is 18.2 Å². The molecule has 0 atom stereocenters. The van der Waals surface area contributed by atoms with Gasteiger partial charge in [0.15, 0.2) is 5.76 Å². The summed E-state index contributed by atoms with van der Waals surface area (Å²) in [6.07, 6.45) is 1.43. The lowest BCUT2D eigenvalue weighted by molar-refractivity contribution is -0.384. The lowest BCUT2D eigenvalue weighted by Gasteiger charge is -2.06. The van der Waals surface area contributed by atoms with Gasteiger partial charge in [-0.25, -0.2) is 4.79 Å². The van der Waals surface area contributed by atoms with Crippen molar-refractivity contribution >= 4 is 23.5 Å². The normalized spacial score (nSPS) is 13.5. The van der Waals surface area contributed by atoms with Crippen LogP contribution in [-0.4, -0.2) is 23.8 Å². The largest absolute Gasteiger partial charge is 0.497 e. The van der Waals surface area contributed by atoms with Crippen molar-refractivity contribution in [3.05, 3.63) is 99.3 Å². The van der Waals surface area contributed by atoms with E-state index in [1.165, 1.54) is 49.6 Å². The van der Waals surface area contributed by atoms with Crippen LogP contribution in [0.4, 0.5) is 5.69 Å². The predicted molar refractivity (Wildman–Crippen MR) is 110 cm³/mol. The zero-order valence-corrected chi connectivity index (χ0v) is 16.2. The Balaban J connectivity index is 1.53. The van der Waals surface area contributed by atoms with Crippen molar-refractivity contribution < 1.29 is 28.7 Å². The molecule has 8 heteroatoms. The van der Waals surface area contributed by atoms with Gasteiger partial charge in [0.25, 0.3) is 5.69 Å². The highest BCUT2D eigenvalue weighted by atomic mass is 16.6. The number of nitro benzene ring substituents is 1. The van der Waals surface area contributed by atoms with Gasteiger partial charge < -0.3 is 14.2 Å². The first-order chi connectivity index (χ1) is 14.9. The van der Waals surface area contributed by atoms with Crippen molar-refractivity contribution in [1.29, 1.82) is 0 Å². The number of methoxy groups -OCH3 is 1. The number of allylic oxidation sites excluding steroid dienone is 1. The topological polar surface area (TPSA) is 105 Å². The Morgan fingerprint density at radius 3 is 2.48 bits per heavy atom. The number of Topliss-reactive ketones (excluding diaryl/α,β-unsaturated/α-hetero) is 1. The number of carbonyl (C=O) groups is 2. The number of non-ortho nitro benzene ring substituents is 1. The van der Waals surface area contributed by atoms with Crippen LogP contribution in [0.25, 0.3) is 6.08 Å². The molecule has 3 aromatic carbocycles. The quantitative estimate of drug-likeness (QED) is 0.199. The summed E-state index contributed by atoms with van der Waals surface area (Å²) in [5.74, 6) is 0.151. The van der Waals surface area contributed by atoms with Crippen LogP contribution in [0.1, 0.15) is 26.3 Å². The van der Waals surface area contributed by atoms with E-state index in [-0.39, 0.29) is 28.7 Å². The van der Waals surface area contributed by atoms with E-state index in [9.17, 15) is 19.7 Å². The molecule has 0 spiro atoms. The molecule has 0 amide bonds. The highest BCUT2D eigenvalue weighted by Crippen LogP contribution is 2.35. The van der Waals surface area contributed by atoms with E-state index in [4.69, 9.17) is 14.2 Å². The smallest absolute Gasteiger partial charge is 0.343 e. The van der Waals surface area contributed by atoms with E-state index in [0.717, 1.165) is 0 Å². The minimum absolute atomic E-state index is 0.0223. The molecule has 0 radical (unpaired) electrons. The van der Waals surface area contributed by atoms with Gasteiger partial charge in [-0.1, -0.05) is 12.1 Å². The summed E-state index contributed by atoms with van der Waals surface area (Å²) >= 11 is 0. The Kier molecular flexibility index (Phi) is 5.19. The van der Waals surface area contributed by atoms with Crippen molar-refractivity contribution in [2.24, 2.45) is 0 Å². The number of carbonyl (C=O) groups excluding carboxylic acids is 2. The predicted octanol–water partition coefficient (Wildman–Crippen LogP) is 4.44. The molecule has 154 valence electrons. The molecule has 31 heavy (non-hydrogen) atoms. The zero-order chi connectivity index (χ0) is 22.0. The third-order valence-electron chi connectivity index (χ3n) is 4.56. The third-order valence-corrected chi connectivity index (χ3v) is 4.56. The van der Waals surface area contributed by atoms with Crippen LogP contribution in [-0.2, 0) is 0 Å². The van der Waals surface area contributed by atoms with Gasteiger partial charge in [-0.2, -0.15) is 0 Å². The molecular formula is C23H15NO7. The van der Waals surface area contributed by atoms with Crippen molar-refractivity contribution in [3.63, 3.8) is 0 Å². The van der Waals surface area contributed by atoms with Crippen LogP contribution in [0.15, 0.2) is 72.5 Å². The summed E-state index contributed by atoms with van der Waals surface area (Å²) in [7, 11) is 1.53. The summed E-state index contributed by atoms with van der Waals surface area (Å²) in [5.41, 5.74) is 1.01. The highest BCUT2D eigenvalue weighted by molar-refractivity contribution is 6.14. The van der Waals surface area contributed by atoms with Gasteiger partial charge in [0.05, 0.1) is 23.2 Å². The third kappa shape index (κ3) is 4.13. The number of ether oxygens (including phenoxy) is 3. The molecule has 1 aliphatic rings. The molecule has 0 N–H and O–H groups in total. The maximum absolute atomic E-state index is 12.6. The molecule has 3 aromatic rings. The number of hydrogen-bond acceptors (Lipinski definition) is 7. The van der Waals surface area contributed by atoms with Crippen molar-refractivity contribution in [3.8, 4) is 17.2 Å². The minimum atomic E-state index is -0.570. The number of hydrogen-bond donors (Lipinski definition) is 0. The maximum Gasteiger partial charge on any atom is 0.343 e. The molecule has 0 saturated heterocycles. The Morgan fingerprint density at radius 1 is 1.03 bits per heavy atom. The fourth-order valence-corrected chi connectivity index (χ4v) is 3.00. The van der Waals surface area contributed by atoms with Crippen LogP contribution in [0.2, 0.25) is 0 Å². The van der Waals surface area contributed by atoms with Crippen LogP contribution < -0.4 is 14.2 Å². The number of nitrogens with zero attached hydrogens (tertiary/aromatic N) is 1. The minimum Gasteiger partial charge on any atom is -0.497 e. The average molecular weight is 417 g/mol. The summed E-state index contributed by atoms with van der Waals surface area (Å²) in [4.78, 5) is 35.3. The molecule has 0 aliphatic carbocycles. The van der Waals surface area contributed by atoms with Gasteiger partial charge >= 0.3 is 5.97 Å². The molecule has 1 aliphatic heterocycles. The number of ketones is 1. The van der Waals surface area contributed by atoms with Crippen LogP contribution >= 0.6 is 0 Å². The van der Waals surface area contributed by atoms with Crippen LogP contribution in [0.3, 0.4) is 0 Å². The first-order valence-corrected chi connectivity index (χ1v) is 9.13. The summed E-state index contributed by atoms with van der Waals surface area (Å²) < 4.78 is 16.0. The summed E-state index contributed by atoms with van der Waals surface area (Å²) in [5, 5.41) is 10.9. The van der Waals surface area contributed by atoms with Crippen LogP contribution in [0, 0.1) is 10.1 Å². The zero-order valence-electron chi connectivity index (χ0n) is 16.2. The highest BCUT2D eigenvalue weighted by Gasteiger charge is 2.28. The first kappa shape index (κ1) is 19.8. The first-order valence-electron chi connectivity index (χ1n) is 9.13. The Morgan fingerprint density at radius 2 is 1.77 bits per heavy atom. The van der Waals surface area contributed by atoms with E-state index in [0.29, 0.717) is 22.4 Å². The Labute approximate surface area is 176 Å². The number of fused-ring (bicyclic) bond motifs is 1. The van der Waals surface area contributed by atoms with Gasteiger partial charge in [-0.15, -0.1) is 0 Å². The van der Waals surface area contributed by atoms with Crippen molar-refractivity contribution in [2.45, 2.75) is 0 Å². The Bertz CT molecular complexity index is 1230. The second-order valence-electron chi connectivity index (χ2n) is 6.57. The Hall–Kier alpha value is -4.46. The lowest BCUT2D eigenvalue weighted by atomic mass is 10.1. The van der Waals surface area contributed by atoms with E-state index < -0.39 is 10.9 Å². The van der Waals surface area contributed by atoms with Crippen molar-refractivity contribution in [2.75, 3.05) is 7.11 Å². The lowest BCUT2D eigenvalue weighted by Crippen LogP contribution is -2.08. The van der Waals surface area contributed by atoms with E-state index in [1.54, 1.807) is 30.3 Å². The second kappa shape index (κ2) is 8.11. The molecule has 0 bridgehead atoms. The van der Waals surface area contributed by atoms with Crippen molar-refractivity contribution in [1.82, 2.24) is 0 Å². The molecule has 0 fully saturated rings. The maximum atomic E-state index is 12.6. The fraction of sp³-hybridized carbons (Fsp3) is 0.0435. The molecule has 1 heterocycles. The number of rotatable bonds is 5. The number of nitro groups is 1. The van der Waals surface area contributed by atoms with E-state index >= 15 is 0 Å². The molecular weight excluding hydrogens is 402 g/mol. The molecule has 8 nitrogen and oxygen atoms in total. The van der Waals surface area contributed by atoms with Gasteiger partial charge in [0.1, 0.15) is 17.2 Å². The second-order valence-corrected chi connectivity index (χ2v) is 6.57. The average Bonchev–Trinajstić information content (AvgIpc) is 3.08. The van der Waals surface area contributed by atoms with E-state index in [2.05, 4.69) is 0 Å². The molecule has 0 saturated carbocycles. The van der Waals surface area contributed by atoms with Gasteiger partial charge in [-0.3, -0.25) is 14.9 Å². The number of benzene rings is 3. The summed E-state index contributed by atoms with van der Waals surface area (Å²) in [6, 6.07) is 16.7. The van der Waals surface area contributed by atoms with Gasteiger partial charge in [0.2, 0.25) is 5.78 Å². The van der Waals surface area contributed by atoms with E-state index in [1.807, 2.05) is 0 Å². The van der Waals surface area contributed by atoms with Gasteiger partial charge in [-0.05, 0) is 48.0 Å². The summed E-state index contributed by atoms with van der Waals surface area (Å²) in [6.45, 7) is 0. The SMILES string of the molecule is COc1ccc(C(=O)Oc2ccc3c(c2)O/C(=C\c2cccc([N+](=O)[O-])c2)C3=O)cc1. The molecule has 0 unspecified atom stereocenters. The monoisotopic (exact) mass is 417 g/mol. The fourth-order valence-electron chi connectivity index (χ4n) is 3.00.